The van der Waals surface area contributed by atoms with Gasteiger partial charge in [-0.1, -0.05) is 30.9 Å². The van der Waals surface area contributed by atoms with E-state index in [2.05, 4.69) is 12.0 Å². The molecule has 0 aromatic heterocycles. The molecule has 0 bridgehead atoms. The van der Waals surface area contributed by atoms with Crippen molar-refractivity contribution in [2.45, 2.75) is 19.9 Å². The number of carbonyl (C=O) groups excluding carboxylic acids is 2. The maximum absolute atomic E-state index is 13.3. The van der Waals surface area contributed by atoms with Gasteiger partial charge in [0, 0.05) is 24.4 Å². The van der Waals surface area contributed by atoms with E-state index in [-0.39, 0.29) is 36.2 Å². The Bertz CT molecular complexity index is 881. The van der Waals surface area contributed by atoms with Gasteiger partial charge in [0.05, 0.1) is 17.5 Å². The first-order chi connectivity index (χ1) is 13.2. The molecule has 1 aliphatic heterocycles. The zero-order valence-electron chi connectivity index (χ0n) is 16.1. The van der Waals surface area contributed by atoms with Crippen molar-refractivity contribution in [2.24, 2.45) is 5.84 Å². The number of carbonyl (C=O) groups is 2. The van der Waals surface area contributed by atoms with E-state index < -0.39 is 21.8 Å². The molecule has 1 saturated heterocycles. The smallest absolute Gasteiger partial charge is 0.322 e. The number of allylic oxidation sites excluding steroid dienone is 2. The molecule has 3 amide bonds. The number of nitrogens with zero attached hydrogens (tertiary/aromatic N) is 2. The third-order valence-corrected chi connectivity index (χ3v) is 6.24. The average molecular weight is 407 g/mol. The zero-order valence-corrected chi connectivity index (χ0v) is 16.9. The summed E-state index contributed by atoms with van der Waals surface area (Å²) in [5.74, 6) is 4.62. The van der Waals surface area contributed by atoms with E-state index in [0.29, 0.717) is 5.69 Å². The van der Waals surface area contributed by atoms with Gasteiger partial charge in [-0.05, 0) is 31.5 Å². The molecular formula is C19H26N4O4S. The number of hydrazine groups is 1. The number of nitrogens with two attached hydrogens (primary N) is 1. The molecular weight excluding hydrogens is 380 g/mol. The number of aryl methyl sites for hydroxylation is 1. The standard InChI is InChI=1S/C19H26N4O4S/c1-4-6-17(18(24)21-20)15(3)23(16-8-5-7-14(2)13-16)19(25)22-9-11-28(26,27)12-10-22/h4-8,13,15H,1,9-12,20H2,2-3H3,(H,21,24)/b17-6+. The summed E-state index contributed by atoms with van der Waals surface area (Å²) in [6.07, 6.45) is 2.96. The van der Waals surface area contributed by atoms with Gasteiger partial charge in [0.1, 0.15) is 0 Å². The Morgan fingerprint density at radius 1 is 1.32 bits per heavy atom. The summed E-state index contributed by atoms with van der Waals surface area (Å²) in [6.45, 7) is 7.45. The van der Waals surface area contributed by atoms with Crippen LogP contribution in [-0.2, 0) is 14.6 Å². The average Bonchev–Trinajstić information content (AvgIpc) is 2.65. The molecule has 9 heteroatoms. The molecule has 28 heavy (non-hydrogen) atoms. The molecule has 1 unspecified atom stereocenters. The van der Waals surface area contributed by atoms with E-state index in [1.165, 1.54) is 22.0 Å². The lowest BCUT2D eigenvalue weighted by Gasteiger charge is -2.36. The highest BCUT2D eigenvalue weighted by atomic mass is 32.2. The van der Waals surface area contributed by atoms with Gasteiger partial charge in [0.15, 0.2) is 9.84 Å². The molecule has 1 heterocycles. The molecule has 1 atom stereocenters. The maximum atomic E-state index is 13.3. The van der Waals surface area contributed by atoms with Crippen LogP contribution in [0.1, 0.15) is 12.5 Å². The lowest BCUT2D eigenvalue weighted by Crippen LogP contribution is -2.54. The van der Waals surface area contributed by atoms with Crippen LogP contribution in [0.15, 0.2) is 48.6 Å². The number of anilines is 1. The fourth-order valence-electron chi connectivity index (χ4n) is 3.09. The lowest BCUT2D eigenvalue weighted by molar-refractivity contribution is -0.117. The molecule has 1 fully saturated rings. The lowest BCUT2D eigenvalue weighted by atomic mass is 10.0. The van der Waals surface area contributed by atoms with Crippen LogP contribution in [-0.4, -0.2) is 55.9 Å². The Balaban J connectivity index is 2.45. The highest BCUT2D eigenvalue weighted by molar-refractivity contribution is 7.91. The number of rotatable bonds is 5. The molecule has 2 rings (SSSR count). The van der Waals surface area contributed by atoms with Crippen molar-refractivity contribution in [3.8, 4) is 0 Å². The second-order valence-electron chi connectivity index (χ2n) is 6.64. The Morgan fingerprint density at radius 2 is 1.96 bits per heavy atom. The summed E-state index contributed by atoms with van der Waals surface area (Å²) in [7, 11) is -3.13. The van der Waals surface area contributed by atoms with Crippen molar-refractivity contribution in [3.05, 3.63) is 54.1 Å². The van der Waals surface area contributed by atoms with Crippen molar-refractivity contribution in [1.82, 2.24) is 10.3 Å². The van der Waals surface area contributed by atoms with Crippen LogP contribution in [0.4, 0.5) is 10.5 Å². The quantitative estimate of drug-likeness (QED) is 0.250. The SMILES string of the molecule is C=C/C=C(/C(=O)NN)C(C)N(C(=O)N1CCS(=O)(=O)CC1)c1cccc(C)c1. The molecule has 0 spiro atoms. The summed E-state index contributed by atoms with van der Waals surface area (Å²) in [6, 6.07) is 6.30. The van der Waals surface area contributed by atoms with Gasteiger partial charge in [-0.3, -0.25) is 15.1 Å². The number of urea groups is 1. The molecule has 0 aliphatic carbocycles. The van der Waals surface area contributed by atoms with Crippen molar-refractivity contribution >= 4 is 27.5 Å². The van der Waals surface area contributed by atoms with Crippen LogP contribution in [0.3, 0.4) is 0 Å². The van der Waals surface area contributed by atoms with Crippen molar-refractivity contribution in [3.63, 3.8) is 0 Å². The van der Waals surface area contributed by atoms with E-state index in [0.717, 1.165) is 5.56 Å². The van der Waals surface area contributed by atoms with Crippen LogP contribution in [0.25, 0.3) is 0 Å². The van der Waals surface area contributed by atoms with Crippen molar-refractivity contribution in [2.75, 3.05) is 29.5 Å². The molecule has 0 saturated carbocycles. The van der Waals surface area contributed by atoms with E-state index in [1.54, 1.807) is 13.0 Å². The summed E-state index contributed by atoms with van der Waals surface area (Å²) in [5.41, 5.74) is 3.90. The Morgan fingerprint density at radius 3 is 2.50 bits per heavy atom. The van der Waals surface area contributed by atoms with Crippen LogP contribution >= 0.6 is 0 Å². The fraction of sp³-hybridized carbons (Fsp3) is 0.368. The number of sulfone groups is 1. The molecule has 3 N–H and O–H groups in total. The predicted molar refractivity (Wildman–Crippen MR) is 109 cm³/mol. The van der Waals surface area contributed by atoms with Gasteiger partial charge in [-0.25, -0.2) is 19.1 Å². The first-order valence-electron chi connectivity index (χ1n) is 8.89. The second-order valence-corrected chi connectivity index (χ2v) is 8.94. The largest absolute Gasteiger partial charge is 0.325 e. The first-order valence-corrected chi connectivity index (χ1v) is 10.7. The normalized spacial score (nSPS) is 17.5. The van der Waals surface area contributed by atoms with E-state index in [4.69, 9.17) is 5.84 Å². The second kappa shape index (κ2) is 9.03. The van der Waals surface area contributed by atoms with E-state index in [1.807, 2.05) is 25.1 Å². The van der Waals surface area contributed by atoms with Gasteiger partial charge in [0.25, 0.3) is 5.91 Å². The molecule has 1 aliphatic rings. The van der Waals surface area contributed by atoms with Crippen LogP contribution in [0, 0.1) is 6.92 Å². The highest BCUT2D eigenvalue weighted by Gasteiger charge is 2.33. The van der Waals surface area contributed by atoms with Gasteiger partial charge in [-0.2, -0.15) is 0 Å². The van der Waals surface area contributed by atoms with E-state index in [9.17, 15) is 18.0 Å². The van der Waals surface area contributed by atoms with Crippen LogP contribution in [0.5, 0.6) is 0 Å². The zero-order chi connectivity index (χ0) is 20.9. The minimum Gasteiger partial charge on any atom is -0.322 e. The molecule has 1 aromatic carbocycles. The maximum Gasteiger partial charge on any atom is 0.325 e. The Hall–Kier alpha value is -2.65. The van der Waals surface area contributed by atoms with Crippen molar-refractivity contribution in [1.29, 1.82) is 0 Å². The third kappa shape index (κ3) is 4.99. The topological polar surface area (TPSA) is 113 Å². The summed E-state index contributed by atoms with van der Waals surface area (Å²) in [5, 5.41) is 0. The molecule has 8 nitrogen and oxygen atoms in total. The minimum atomic E-state index is -3.13. The monoisotopic (exact) mass is 406 g/mol. The number of hydrogen-bond donors (Lipinski definition) is 2. The van der Waals surface area contributed by atoms with Gasteiger partial charge in [0.2, 0.25) is 0 Å². The van der Waals surface area contributed by atoms with Crippen molar-refractivity contribution < 1.29 is 18.0 Å². The van der Waals surface area contributed by atoms with Crippen LogP contribution in [0.2, 0.25) is 0 Å². The highest BCUT2D eigenvalue weighted by Crippen LogP contribution is 2.25. The number of amides is 3. The van der Waals surface area contributed by atoms with Gasteiger partial charge in [-0.15, -0.1) is 0 Å². The van der Waals surface area contributed by atoms with E-state index >= 15 is 0 Å². The predicted octanol–water partition coefficient (Wildman–Crippen LogP) is 1.14. The molecule has 1 aromatic rings. The summed E-state index contributed by atoms with van der Waals surface area (Å²) < 4.78 is 23.4. The number of hydrogen-bond acceptors (Lipinski definition) is 5. The summed E-state index contributed by atoms with van der Waals surface area (Å²) in [4.78, 5) is 28.5. The number of nitrogens with one attached hydrogen (secondary N) is 1. The third-order valence-electron chi connectivity index (χ3n) is 4.63. The summed E-state index contributed by atoms with van der Waals surface area (Å²) >= 11 is 0. The van der Waals surface area contributed by atoms with Gasteiger partial charge >= 0.3 is 6.03 Å². The Labute approximate surface area is 165 Å². The van der Waals surface area contributed by atoms with Gasteiger partial charge < -0.3 is 4.90 Å². The fourth-order valence-corrected chi connectivity index (χ4v) is 4.29. The Kier molecular flexibility index (Phi) is 6.98. The molecule has 152 valence electrons. The first kappa shape index (κ1) is 21.6. The molecule has 0 radical (unpaired) electrons. The number of benzene rings is 1. The minimum absolute atomic E-state index is 0.0760. The van der Waals surface area contributed by atoms with Crippen LogP contribution < -0.4 is 16.2 Å².